The first-order chi connectivity index (χ1) is 13.7. The molecule has 162 valence electrons. The SMILES string of the molecule is CN=C(NCCCNC(=O)OC(C)(C)C)N1CC(C)OC(c2ccc(F)cc2)C1. The minimum Gasteiger partial charge on any atom is -0.444 e. The van der Waals surface area contributed by atoms with E-state index in [0.717, 1.165) is 17.9 Å². The molecule has 1 aliphatic rings. The van der Waals surface area contributed by atoms with Gasteiger partial charge < -0.3 is 25.0 Å². The van der Waals surface area contributed by atoms with E-state index in [1.807, 2.05) is 27.7 Å². The van der Waals surface area contributed by atoms with Crippen molar-refractivity contribution in [3.63, 3.8) is 0 Å². The second-order valence-corrected chi connectivity index (χ2v) is 8.15. The second-order valence-electron chi connectivity index (χ2n) is 8.15. The second kappa shape index (κ2) is 10.4. The summed E-state index contributed by atoms with van der Waals surface area (Å²) in [6, 6.07) is 6.42. The number of benzene rings is 1. The summed E-state index contributed by atoms with van der Waals surface area (Å²) in [5.74, 6) is 0.525. The minimum atomic E-state index is -0.502. The van der Waals surface area contributed by atoms with Crippen molar-refractivity contribution in [1.82, 2.24) is 15.5 Å². The Morgan fingerprint density at radius 3 is 2.52 bits per heavy atom. The number of ether oxygens (including phenoxy) is 2. The van der Waals surface area contributed by atoms with Gasteiger partial charge in [-0.2, -0.15) is 0 Å². The summed E-state index contributed by atoms with van der Waals surface area (Å²) >= 11 is 0. The molecule has 0 bridgehead atoms. The summed E-state index contributed by atoms with van der Waals surface area (Å²) in [5.41, 5.74) is 0.443. The first-order valence-electron chi connectivity index (χ1n) is 10.0. The molecule has 1 amide bonds. The van der Waals surface area contributed by atoms with Gasteiger partial charge in [-0.3, -0.25) is 4.99 Å². The average Bonchev–Trinajstić information content (AvgIpc) is 2.63. The van der Waals surface area contributed by atoms with Crippen molar-refractivity contribution < 1.29 is 18.7 Å². The maximum Gasteiger partial charge on any atom is 0.407 e. The fourth-order valence-electron chi connectivity index (χ4n) is 3.11. The molecule has 0 radical (unpaired) electrons. The highest BCUT2D eigenvalue weighted by molar-refractivity contribution is 5.80. The van der Waals surface area contributed by atoms with E-state index in [0.29, 0.717) is 26.2 Å². The van der Waals surface area contributed by atoms with Crippen LogP contribution in [-0.2, 0) is 9.47 Å². The highest BCUT2D eigenvalue weighted by Gasteiger charge is 2.28. The van der Waals surface area contributed by atoms with Crippen molar-refractivity contribution in [2.75, 3.05) is 33.2 Å². The van der Waals surface area contributed by atoms with E-state index in [9.17, 15) is 9.18 Å². The smallest absolute Gasteiger partial charge is 0.407 e. The topological polar surface area (TPSA) is 75.2 Å². The van der Waals surface area contributed by atoms with E-state index in [-0.39, 0.29) is 18.0 Å². The molecule has 0 aromatic heterocycles. The van der Waals surface area contributed by atoms with Crippen LogP contribution in [0.15, 0.2) is 29.3 Å². The van der Waals surface area contributed by atoms with Gasteiger partial charge in [-0.05, 0) is 51.8 Å². The van der Waals surface area contributed by atoms with E-state index in [1.54, 1.807) is 19.2 Å². The monoisotopic (exact) mass is 408 g/mol. The summed E-state index contributed by atoms with van der Waals surface area (Å²) in [4.78, 5) is 18.2. The molecular weight excluding hydrogens is 375 g/mol. The molecule has 2 N–H and O–H groups in total. The third-order valence-corrected chi connectivity index (χ3v) is 4.32. The molecule has 29 heavy (non-hydrogen) atoms. The van der Waals surface area contributed by atoms with Crippen LogP contribution < -0.4 is 10.6 Å². The number of morpholine rings is 1. The van der Waals surface area contributed by atoms with Crippen molar-refractivity contribution in [3.8, 4) is 0 Å². The molecule has 1 heterocycles. The van der Waals surface area contributed by atoms with Gasteiger partial charge in [0.1, 0.15) is 17.5 Å². The van der Waals surface area contributed by atoms with E-state index < -0.39 is 11.7 Å². The number of nitrogens with zero attached hydrogens (tertiary/aromatic N) is 2. The predicted octanol–water partition coefficient (Wildman–Crippen LogP) is 3.08. The molecule has 2 unspecified atom stereocenters. The van der Waals surface area contributed by atoms with Crippen molar-refractivity contribution in [1.29, 1.82) is 0 Å². The number of amides is 1. The number of aliphatic imine (C=N–C) groups is 1. The average molecular weight is 409 g/mol. The largest absolute Gasteiger partial charge is 0.444 e. The Morgan fingerprint density at radius 1 is 1.24 bits per heavy atom. The zero-order valence-corrected chi connectivity index (χ0v) is 18.0. The van der Waals surface area contributed by atoms with Crippen molar-refractivity contribution >= 4 is 12.1 Å². The quantitative estimate of drug-likeness (QED) is 0.445. The van der Waals surface area contributed by atoms with Crippen LogP contribution in [0.4, 0.5) is 9.18 Å². The number of nitrogens with one attached hydrogen (secondary N) is 2. The summed E-state index contributed by atoms with van der Waals surface area (Å²) in [7, 11) is 1.74. The molecular formula is C21H33FN4O3. The number of hydrogen-bond donors (Lipinski definition) is 2. The number of rotatable bonds is 5. The van der Waals surface area contributed by atoms with Crippen LogP contribution in [0.5, 0.6) is 0 Å². The fourth-order valence-corrected chi connectivity index (χ4v) is 3.11. The lowest BCUT2D eigenvalue weighted by molar-refractivity contribution is -0.0605. The Kier molecular flexibility index (Phi) is 8.25. The molecule has 7 nitrogen and oxygen atoms in total. The van der Waals surface area contributed by atoms with Gasteiger partial charge in [0, 0.05) is 26.7 Å². The summed E-state index contributed by atoms with van der Waals surface area (Å²) in [6.07, 6.45) is 0.198. The first kappa shape index (κ1) is 22.9. The van der Waals surface area contributed by atoms with Crippen LogP contribution >= 0.6 is 0 Å². The maximum atomic E-state index is 13.2. The summed E-state index contributed by atoms with van der Waals surface area (Å²) < 4.78 is 24.5. The minimum absolute atomic E-state index is 0.0196. The molecule has 2 atom stereocenters. The van der Waals surface area contributed by atoms with Crippen molar-refractivity contribution in [3.05, 3.63) is 35.6 Å². The number of carbonyl (C=O) groups is 1. The van der Waals surface area contributed by atoms with Crippen LogP contribution in [0, 0.1) is 5.82 Å². The van der Waals surface area contributed by atoms with Gasteiger partial charge in [-0.1, -0.05) is 12.1 Å². The molecule has 1 aliphatic heterocycles. The number of hydrogen-bond acceptors (Lipinski definition) is 4. The highest BCUT2D eigenvalue weighted by atomic mass is 19.1. The highest BCUT2D eigenvalue weighted by Crippen LogP contribution is 2.25. The molecule has 0 spiro atoms. The maximum absolute atomic E-state index is 13.2. The van der Waals surface area contributed by atoms with Gasteiger partial charge in [0.2, 0.25) is 0 Å². The van der Waals surface area contributed by atoms with Gasteiger partial charge in [-0.25, -0.2) is 9.18 Å². The molecule has 1 aromatic carbocycles. The van der Waals surface area contributed by atoms with Crippen molar-refractivity contribution in [2.45, 2.75) is 51.9 Å². The fraction of sp³-hybridized carbons (Fsp3) is 0.619. The normalized spacial score (nSPS) is 20.3. The van der Waals surface area contributed by atoms with Crippen LogP contribution in [0.1, 0.15) is 45.8 Å². The van der Waals surface area contributed by atoms with Crippen molar-refractivity contribution in [2.24, 2.45) is 4.99 Å². The molecule has 8 heteroatoms. The molecule has 1 aromatic rings. The zero-order chi connectivity index (χ0) is 21.4. The van der Waals surface area contributed by atoms with E-state index in [4.69, 9.17) is 9.47 Å². The Hall–Kier alpha value is -2.35. The standard InChI is InChI=1S/C21H33FN4O3/c1-15-13-26(14-18(28-15)16-7-9-17(22)10-8-16)19(23-5)24-11-6-12-25-20(27)29-21(2,3)4/h7-10,15,18H,6,11-14H2,1-5H3,(H,23,24)(H,25,27). The van der Waals surface area contributed by atoms with Gasteiger partial charge in [0.05, 0.1) is 12.6 Å². The summed E-state index contributed by atoms with van der Waals surface area (Å²) in [6.45, 7) is 10.0. The lowest BCUT2D eigenvalue weighted by atomic mass is 10.1. The van der Waals surface area contributed by atoms with Gasteiger partial charge in [0.25, 0.3) is 0 Å². The third-order valence-electron chi connectivity index (χ3n) is 4.32. The lowest BCUT2D eigenvalue weighted by Crippen LogP contribution is -2.51. The van der Waals surface area contributed by atoms with Crippen LogP contribution in [0.25, 0.3) is 0 Å². The lowest BCUT2D eigenvalue weighted by Gasteiger charge is -2.38. The Morgan fingerprint density at radius 2 is 1.90 bits per heavy atom. The van der Waals surface area contributed by atoms with Gasteiger partial charge in [0.15, 0.2) is 5.96 Å². The molecule has 1 fully saturated rings. The molecule has 0 saturated carbocycles. The van der Waals surface area contributed by atoms with E-state index in [2.05, 4.69) is 20.5 Å². The molecule has 0 aliphatic carbocycles. The van der Waals surface area contributed by atoms with Crippen LogP contribution in [-0.4, -0.2) is 61.9 Å². The Balaban J connectivity index is 1.81. The number of carbonyl (C=O) groups excluding carboxylic acids is 1. The van der Waals surface area contributed by atoms with Gasteiger partial charge >= 0.3 is 6.09 Å². The van der Waals surface area contributed by atoms with E-state index >= 15 is 0 Å². The third kappa shape index (κ3) is 7.89. The number of alkyl carbamates (subject to hydrolysis) is 1. The Labute approximate surface area is 172 Å². The zero-order valence-electron chi connectivity index (χ0n) is 18.0. The Bertz CT molecular complexity index is 688. The molecule has 2 rings (SSSR count). The van der Waals surface area contributed by atoms with Gasteiger partial charge in [-0.15, -0.1) is 0 Å². The molecule has 1 saturated heterocycles. The first-order valence-corrected chi connectivity index (χ1v) is 10.0. The number of guanidine groups is 1. The number of halogens is 1. The summed E-state index contributed by atoms with van der Waals surface area (Å²) in [5, 5.41) is 6.08. The van der Waals surface area contributed by atoms with Crippen LogP contribution in [0.2, 0.25) is 0 Å². The predicted molar refractivity (Wildman–Crippen MR) is 111 cm³/mol. The van der Waals surface area contributed by atoms with Crippen LogP contribution in [0.3, 0.4) is 0 Å². The van der Waals surface area contributed by atoms with E-state index in [1.165, 1.54) is 12.1 Å².